The van der Waals surface area contributed by atoms with Gasteiger partial charge in [-0.05, 0) is 140 Å². The molecule has 2 aliphatic heterocycles. The zero-order valence-electron chi connectivity index (χ0n) is 35.7. The third-order valence-corrected chi connectivity index (χ3v) is 13.0. The Morgan fingerprint density at radius 1 is 0.403 bits per heavy atom. The van der Waals surface area contributed by atoms with Gasteiger partial charge in [-0.2, -0.15) is 0 Å². The van der Waals surface area contributed by atoms with E-state index in [0.29, 0.717) is 48.6 Å². The van der Waals surface area contributed by atoms with Gasteiger partial charge >= 0.3 is 0 Å². The molecule has 0 N–H and O–H groups in total. The summed E-state index contributed by atoms with van der Waals surface area (Å²) < 4.78 is 42.9. The summed E-state index contributed by atoms with van der Waals surface area (Å²) in [4.78, 5) is 0. The number of hydrogen-bond acceptors (Lipinski definition) is 2. The highest BCUT2D eigenvalue weighted by atomic mass is 19.1. The predicted octanol–water partition coefficient (Wildman–Crippen LogP) is 13.3. The van der Waals surface area contributed by atoms with Crippen LogP contribution in [0.2, 0.25) is 0 Å². The fourth-order valence-electron chi connectivity index (χ4n) is 9.46. The van der Waals surface area contributed by atoms with Crippen LogP contribution < -0.4 is 0 Å². The van der Waals surface area contributed by atoms with E-state index in [1.54, 1.807) is 12.1 Å². The van der Waals surface area contributed by atoms with Crippen LogP contribution in [0.15, 0.2) is 146 Å². The molecule has 0 spiro atoms. The van der Waals surface area contributed by atoms with Crippen LogP contribution in [0.3, 0.4) is 0 Å². The van der Waals surface area contributed by atoms with Gasteiger partial charge in [-0.1, -0.05) is 145 Å². The molecular weight excluding hydrogens is 767 g/mol. The fraction of sp³-hybridized carbons (Fsp3) is 0.241. The van der Waals surface area contributed by atoms with E-state index in [1.807, 2.05) is 12.1 Å². The molecule has 0 unspecified atom stereocenters. The molecule has 4 heteroatoms. The van der Waals surface area contributed by atoms with Crippen molar-refractivity contribution in [3.05, 3.63) is 224 Å². The zero-order valence-corrected chi connectivity index (χ0v) is 35.7. The second kappa shape index (κ2) is 17.4. The van der Waals surface area contributed by atoms with Gasteiger partial charge in [-0.15, -0.1) is 0 Å². The van der Waals surface area contributed by atoms with E-state index in [-0.39, 0.29) is 11.6 Å². The molecule has 62 heavy (non-hydrogen) atoms. The minimum atomic E-state index is -0.191. The number of hydrogen-bond donors (Lipinski definition) is 0. The number of rotatable bonds is 13. The van der Waals surface area contributed by atoms with Gasteiger partial charge in [-0.3, -0.25) is 0 Å². The summed E-state index contributed by atoms with van der Waals surface area (Å²) in [6, 6.07) is 50.9. The highest BCUT2D eigenvalue weighted by molar-refractivity contribution is 6.07. The highest BCUT2D eigenvalue weighted by Crippen LogP contribution is 2.40. The molecule has 0 bridgehead atoms. The van der Waals surface area contributed by atoms with Gasteiger partial charge in [0.15, 0.2) is 0 Å². The predicted molar refractivity (Wildman–Crippen MR) is 249 cm³/mol. The first-order valence-corrected chi connectivity index (χ1v) is 22.2. The summed E-state index contributed by atoms with van der Waals surface area (Å²) >= 11 is 0. The van der Waals surface area contributed by atoms with E-state index < -0.39 is 0 Å². The second-order valence-corrected chi connectivity index (χ2v) is 18.1. The summed E-state index contributed by atoms with van der Waals surface area (Å²) in [5.74, 6) is 0.858. The van der Waals surface area contributed by atoms with Crippen LogP contribution in [0.4, 0.5) is 8.78 Å². The molecule has 10 rings (SSSR count). The van der Waals surface area contributed by atoms with Crippen LogP contribution in [0, 0.1) is 37.3 Å². The van der Waals surface area contributed by atoms with Gasteiger partial charge in [0, 0.05) is 24.7 Å². The standard InChI is InChI=1S/C58H52F2O2/c1-37-4-20-54-48(21-37)17-18-51(32-50-16-14-44(31-57(50)60)24-40-7-11-42(12-8-40)26-47-35-62-36-47)58(54)55-29-45(28-52-22-38(2)3-19-53(52)55)27-49-15-13-43(30-56(49)59)23-39-5-9-41(10-6-39)25-46-33-61-34-46/h3-22,28-31,46-47H,23-27,32-36H2,1-2H3. The SMILES string of the molecule is Cc1ccc2c(-c3c(Cc4ccc(Cc5ccc(CC6COC6)cc5)cc4F)ccc4cc(C)ccc34)cc(Cc3ccc(Cc4ccc(CC5COC5)cc4)cc3F)cc2c1. The van der Waals surface area contributed by atoms with Crippen molar-refractivity contribution >= 4 is 21.5 Å². The van der Waals surface area contributed by atoms with Crippen LogP contribution in [-0.2, 0) is 48.0 Å². The van der Waals surface area contributed by atoms with Crippen molar-refractivity contribution in [2.75, 3.05) is 26.4 Å². The van der Waals surface area contributed by atoms with Crippen LogP contribution in [0.5, 0.6) is 0 Å². The molecule has 2 nitrogen and oxygen atoms in total. The normalized spacial score (nSPS) is 14.3. The molecule has 0 atom stereocenters. The zero-order chi connectivity index (χ0) is 42.2. The average molecular weight is 819 g/mol. The Morgan fingerprint density at radius 2 is 0.887 bits per heavy atom. The van der Waals surface area contributed by atoms with Gasteiger partial charge in [0.1, 0.15) is 11.6 Å². The first-order chi connectivity index (χ1) is 30.3. The Balaban J connectivity index is 0.947. The molecule has 0 amide bonds. The van der Waals surface area contributed by atoms with Crippen molar-refractivity contribution in [1.29, 1.82) is 0 Å². The molecule has 8 aromatic carbocycles. The van der Waals surface area contributed by atoms with Crippen molar-refractivity contribution in [2.24, 2.45) is 11.8 Å². The molecule has 0 aliphatic carbocycles. The summed E-state index contributed by atoms with van der Waals surface area (Å²) in [7, 11) is 0. The summed E-state index contributed by atoms with van der Waals surface area (Å²) in [5, 5.41) is 4.50. The molecule has 0 aromatic heterocycles. The van der Waals surface area contributed by atoms with Crippen molar-refractivity contribution < 1.29 is 18.3 Å². The van der Waals surface area contributed by atoms with Crippen LogP contribution in [-0.4, -0.2) is 26.4 Å². The monoisotopic (exact) mass is 818 g/mol. The van der Waals surface area contributed by atoms with E-state index in [9.17, 15) is 0 Å². The second-order valence-electron chi connectivity index (χ2n) is 18.1. The van der Waals surface area contributed by atoms with Crippen molar-refractivity contribution in [3.8, 4) is 11.1 Å². The van der Waals surface area contributed by atoms with Gasteiger partial charge in [0.25, 0.3) is 0 Å². The molecule has 0 saturated carbocycles. The van der Waals surface area contributed by atoms with Crippen molar-refractivity contribution in [3.63, 3.8) is 0 Å². The summed E-state index contributed by atoms with van der Waals surface area (Å²) in [5.41, 5.74) is 14.9. The van der Waals surface area contributed by atoms with Gasteiger partial charge in [0.2, 0.25) is 0 Å². The van der Waals surface area contributed by atoms with E-state index in [2.05, 4.69) is 135 Å². The molecule has 2 heterocycles. The average Bonchev–Trinajstić information content (AvgIpc) is 3.23. The number of benzene rings is 8. The van der Waals surface area contributed by atoms with E-state index >= 15 is 8.78 Å². The molecule has 2 fully saturated rings. The lowest BCUT2D eigenvalue weighted by Crippen LogP contribution is -2.29. The molecule has 310 valence electrons. The summed E-state index contributed by atoms with van der Waals surface area (Å²) in [6.45, 7) is 7.62. The Kier molecular flexibility index (Phi) is 11.3. The third-order valence-electron chi connectivity index (χ3n) is 13.0. The topological polar surface area (TPSA) is 18.5 Å². The van der Waals surface area contributed by atoms with Gasteiger partial charge in [0.05, 0.1) is 26.4 Å². The summed E-state index contributed by atoms with van der Waals surface area (Å²) in [6.07, 6.45) is 4.34. The maximum Gasteiger partial charge on any atom is 0.127 e. The largest absolute Gasteiger partial charge is 0.381 e. The van der Waals surface area contributed by atoms with Crippen LogP contribution in [0.1, 0.15) is 66.8 Å². The van der Waals surface area contributed by atoms with E-state index in [1.165, 1.54) is 27.8 Å². The lowest BCUT2D eigenvalue weighted by atomic mass is 9.85. The number of fused-ring (bicyclic) bond motifs is 2. The fourth-order valence-corrected chi connectivity index (χ4v) is 9.46. The lowest BCUT2D eigenvalue weighted by Gasteiger charge is -2.25. The maximum atomic E-state index is 16.2. The highest BCUT2D eigenvalue weighted by Gasteiger charge is 2.21. The quantitative estimate of drug-likeness (QED) is 0.115. The molecule has 8 aromatic rings. The smallest absolute Gasteiger partial charge is 0.127 e. The number of halogens is 2. The minimum Gasteiger partial charge on any atom is -0.381 e. The maximum absolute atomic E-state index is 16.2. The molecule has 2 aliphatic rings. The lowest BCUT2D eigenvalue weighted by molar-refractivity contribution is -0.0312. The third kappa shape index (κ3) is 8.86. The van der Waals surface area contributed by atoms with E-state index in [0.717, 1.165) is 99.8 Å². The molecule has 2 saturated heterocycles. The Bertz CT molecular complexity index is 2900. The number of ether oxygens (including phenoxy) is 2. The van der Waals surface area contributed by atoms with Crippen LogP contribution in [0.25, 0.3) is 32.7 Å². The van der Waals surface area contributed by atoms with Gasteiger partial charge in [-0.25, -0.2) is 8.78 Å². The van der Waals surface area contributed by atoms with Crippen LogP contribution >= 0.6 is 0 Å². The van der Waals surface area contributed by atoms with Crippen molar-refractivity contribution in [1.82, 2.24) is 0 Å². The van der Waals surface area contributed by atoms with E-state index in [4.69, 9.17) is 9.47 Å². The Hall–Kier alpha value is -5.94. The Labute approximate surface area is 364 Å². The van der Waals surface area contributed by atoms with Crippen molar-refractivity contribution in [2.45, 2.75) is 52.4 Å². The first-order valence-electron chi connectivity index (χ1n) is 22.2. The Morgan fingerprint density at radius 3 is 1.42 bits per heavy atom. The number of aryl methyl sites for hydroxylation is 2. The minimum absolute atomic E-state index is 0.188. The van der Waals surface area contributed by atoms with Gasteiger partial charge < -0.3 is 9.47 Å². The molecule has 0 radical (unpaired) electrons. The first kappa shape index (κ1) is 40.2. The molecular formula is C58H52F2O2.